The number of aryl methyl sites for hydroxylation is 1. The summed E-state index contributed by atoms with van der Waals surface area (Å²) in [6.45, 7) is 3.40. The second-order valence-corrected chi connectivity index (χ2v) is 5.96. The van der Waals surface area contributed by atoms with E-state index >= 15 is 0 Å². The van der Waals surface area contributed by atoms with Crippen LogP contribution in [0.2, 0.25) is 0 Å². The molecule has 2 aromatic rings. The third-order valence-electron chi connectivity index (χ3n) is 4.57. The first kappa shape index (κ1) is 16.5. The third kappa shape index (κ3) is 3.14. The number of aromatic nitrogens is 1. The van der Waals surface area contributed by atoms with Gasteiger partial charge < -0.3 is 14.0 Å². The molecule has 6 heteroatoms. The van der Waals surface area contributed by atoms with Crippen molar-refractivity contribution in [3.63, 3.8) is 0 Å². The molecule has 1 aromatic heterocycles. The first-order chi connectivity index (χ1) is 11.6. The number of likely N-dealkylation sites (tertiary alicyclic amines) is 1. The molecule has 0 radical (unpaired) electrons. The van der Waals surface area contributed by atoms with Crippen molar-refractivity contribution < 1.29 is 18.8 Å². The molecule has 1 saturated heterocycles. The van der Waals surface area contributed by atoms with Crippen molar-refractivity contribution >= 4 is 5.97 Å². The second-order valence-electron chi connectivity index (χ2n) is 5.96. The SMILES string of the molecule is COC(=O)c1noc(C)c1CN1CCC[C@H]1c1cccc(OC)c1. The molecule has 0 saturated carbocycles. The number of nitrogens with zero attached hydrogens (tertiary/aromatic N) is 2. The molecule has 1 aliphatic rings. The van der Waals surface area contributed by atoms with Crippen LogP contribution in [0.1, 0.15) is 46.3 Å². The van der Waals surface area contributed by atoms with Gasteiger partial charge in [0, 0.05) is 18.2 Å². The Morgan fingerprint density at radius 2 is 2.25 bits per heavy atom. The van der Waals surface area contributed by atoms with Gasteiger partial charge in [0.1, 0.15) is 11.5 Å². The van der Waals surface area contributed by atoms with Crippen LogP contribution < -0.4 is 4.74 Å². The van der Waals surface area contributed by atoms with Crippen molar-refractivity contribution in [2.75, 3.05) is 20.8 Å². The highest BCUT2D eigenvalue weighted by Crippen LogP contribution is 2.35. The summed E-state index contributed by atoms with van der Waals surface area (Å²) in [4.78, 5) is 14.2. The Labute approximate surface area is 141 Å². The van der Waals surface area contributed by atoms with Crippen LogP contribution in [0, 0.1) is 6.92 Å². The van der Waals surface area contributed by atoms with E-state index in [1.54, 1.807) is 7.11 Å². The molecule has 128 valence electrons. The lowest BCUT2D eigenvalue weighted by Crippen LogP contribution is -2.24. The maximum absolute atomic E-state index is 11.9. The van der Waals surface area contributed by atoms with E-state index in [0.717, 1.165) is 30.7 Å². The number of benzene rings is 1. The van der Waals surface area contributed by atoms with E-state index in [1.807, 2.05) is 19.1 Å². The Morgan fingerprint density at radius 3 is 3.00 bits per heavy atom. The van der Waals surface area contributed by atoms with Gasteiger partial charge >= 0.3 is 5.97 Å². The number of hydrogen-bond donors (Lipinski definition) is 0. The summed E-state index contributed by atoms with van der Waals surface area (Å²) < 4.78 is 15.3. The van der Waals surface area contributed by atoms with E-state index in [4.69, 9.17) is 14.0 Å². The van der Waals surface area contributed by atoms with E-state index in [2.05, 4.69) is 22.2 Å². The fourth-order valence-corrected chi connectivity index (χ4v) is 3.28. The lowest BCUT2D eigenvalue weighted by Gasteiger charge is -2.25. The van der Waals surface area contributed by atoms with Crippen molar-refractivity contribution in [3.8, 4) is 5.75 Å². The van der Waals surface area contributed by atoms with Gasteiger partial charge in [-0.3, -0.25) is 4.90 Å². The number of carbonyl (C=O) groups excluding carboxylic acids is 1. The van der Waals surface area contributed by atoms with Crippen LogP contribution in [0.4, 0.5) is 0 Å². The van der Waals surface area contributed by atoms with Gasteiger partial charge in [-0.15, -0.1) is 0 Å². The largest absolute Gasteiger partial charge is 0.497 e. The molecule has 1 aliphatic heterocycles. The minimum atomic E-state index is -0.459. The van der Waals surface area contributed by atoms with Crippen LogP contribution in [-0.4, -0.2) is 36.8 Å². The minimum Gasteiger partial charge on any atom is -0.497 e. The Morgan fingerprint density at radius 1 is 1.42 bits per heavy atom. The van der Waals surface area contributed by atoms with Crippen molar-refractivity contribution in [3.05, 3.63) is 46.8 Å². The molecule has 2 heterocycles. The normalized spacial score (nSPS) is 17.9. The molecule has 0 bridgehead atoms. The highest BCUT2D eigenvalue weighted by atomic mass is 16.5. The van der Waals surface area contributed by atoms with Gasteiger partial charge in [0.2, 0.25) is 0 Å². The van der Waals surface area contributed by atoms with Crippen LogP contribution in [0.15, 0.2) is 28.8 Å². The predicted octanol–water partition coefficient (Wildman–Crippen LogP) is 3.12. The van der Waals surface area contributed by atoms with Gasteiger partial charge in [0.25, 0.3) is 0 Å². The summed E-state index contributed by atoms with van der Waals surface area (Å²) in [5.41, 5.74) is 2.29. The number of ether oxygens (including phenoxy) is 2. The highest BCUT2D eigenvalue weighted by Gasteiger charge is 2.30. The van der Waals surface area contributed by atoms with Crippen molar-refractivity contribution in [1.29, 1.82) is 0 Å². The monoisotopic (exact) mass is 330 g/mol. The van der Waals surface area contributed by atoms with Gasteiger partial charge in [-0.2, -0.15) is 0 Å². The van der Waals surface area contributed by atoms with E-state index in [9.17, 15) is 4.79 Å². The lowest BCUT2D eigenvalue weighted by molar-refractivity contribution is 0.0586. The molecular weight excluding hydrogens is 308 g/mol. The number of esters is 1. The average Bonchev–Trinajstić information content (AvgIpc) is 3.22. The Kier molecular flexibility index (Phi) is 4.85. The molecule has 3 rings (SSSR count). The standard InChI is InChI=1S/C18H22N2O4/c1-12-15(17(19-24-12)18(21)23-3)11-20-9-5-8-16(20)13-6-4-7-14(10-13)22-2/h4,6-7,10,16H,5,8-9,11H2,1-3H3/t16-/m0/s1. The summed E-state index contributed by atoms with van der Waals surface area (Å²) in [6, 6.07) is 8.44. The predicted molar refractivity (Wildman–Crippen MR) is 88.0 cm³/mol. The van der Waals surface area contributed by atoms with Crippen molar-refractivity contribution in [1.82, 2.24) is 10.1 Å². The highest BCUT2D eigenvalue weighted by molar-refractivity contribution is 5.88. The zero-order valence-corrected chi connectivity index (χ0v) is 14.2. The topological polar surface area (TPSA) is 64.8 Å². The molecule has 0 aliphatic carbocycles. The molecular formula is C18H22N2O4. The van der Waals surface area contributed by atoms with Crippen LogP contribution in [-0.2, 0) is 11.3 Å². The molecule has 1 fully saturated rings. The molecule has 0 spiro atoms. The molecule has 24 heavy (non-hydrogen) atoms. The number of methoxy groups -OCH3 is 2. The summed E-state index contributed by atoms with van der Waals surface area (Å²) >= 11 is 0. The van der Waals surface area contributed by atoms with Crippen LogP contribution in [0.3, 0.4) is 0 Å². The van der Waals surface area contributed by atoms with E-state index in [-0.39, 0.29) is 5.69 Å². The van der Waals surface area contributed by atoms with Gasteiger partial charge in [0.05, 0.1) is 14.2 Å². The minimum absolute atomic E-state index is 0.270. The average molecular weight is 330 g/mol. The molecule has 0 unspecified atom stereocenters. The van der Waals surface area contributed by atoms with Gasteiger partial charge in [-0.25, -0.2) is 4.79 Å². The van der Waals surface area contributed by atoms with E-state index in [1.165, 1.54) is 12.7 Å². The first-order valence-corrected chi connectivity index (χ1v) is 8.05. The quantitative estimate of drug-likeness (QED) is 0.785. The Hall–Kier alpha value is -2.34. The fourth-order valence-electron chi connectivity index (χ4n) is 3.28. The molecule has 0 N–H and O–H groups in total. The van der Waals surface area contributed by atoms with Crippen LogP contribution >= 0.6 is 0 Å². The molecule has 1 atom stereocenters. The molecule has 0 amide bonds. The summed E-state index contributed by atoms with van der Waals surface area (Å²) in [6.07, 6.45) is 2.19. The van der Waals surface area contributed by atoms with Crippen LogP contribution in [0.25, 0.3) is 0 Å². The maximum atomic E-state index is 11.9. The fraction of sp³-hybridized carbons (Fsp3) is 0.444. The Bertz CT molecular complexity index is 726. The number of hydrogen-bond acceptors (Lipinski definition) is 6. The summed E-state index contributed by atoms with van der Waals surface area (Å²) in [5.74, 6) is 1.06. The second kappa shape index (κ2) is 7.05. The number of carbonyl (C=O) groups is 1. The van der Waals surface area contributed by atoms with Crippen molar-refractivity contribution in [2.24, 2.45) is 0 Å². The van der Waals surface area contributed by atoms with Crippen molar-refractivity contribution in [2.45, 2.75) is 32.4 Å². The zero-order valence-electron chi connectivity index (χ0n) is 14.2. The van der Waals surface area contributed by atoms with Gasteiger partial charge in [0.15, 0.2) is 5.69 Å². The maximum Gasteiger partial charge on any atom is 0.360 e. The lowest BCUT2D eigenvalue weighted by atomic mass is 10.0. The summed E-state index contributed by atoms with van der Waals surface area (Å²) in [7, 11) is 3.03. The number of rotatable bonds is 5. The first-order valence-electron chi connectivity index (χ1n) is 8.05. The van der Waals surface area contributed by atoms with Crippen LogP contribution in [0.5, 0.6) is 5.75 Å². The Balaban J connectivity index is 1.84. The van der Waals surface area contributed by atoms with E-state index < -0.39 is 5.97 Å². The molecule has 6 nitrogen and oxygen atoms in total. The summed E-state index contributed by atoms with van der Waals surface area (Å²) in [5, 5.41) is 3.86. The van der Waals surface area contributed by atoms with Gasteiger partial charge in [-0.05, 0) is 44.0 Å². The molecule has 1 aromatic carbocycles. The third-order valence-corrected chi connectivity index (χ3v) is 4.57. The smallest absolute Gasteiger partial charge is 0.360 e. The van der Waals surface area contributed by atoms with Gasteiger partial charge in [-0.1, -0.05) is 17.3 Å². The zero-order chi connectivity index (χ0) is 17.1. The van der Waals surface area contributed by atoms with E-state index in [0.29, 0.717) is 18.3 Å².